The molecule has 7 heteroatoms. The molecule has 0 aromatic heterocycles. The molecule has 0 aliphatic carbocycles. The summed E-state index contributed by atoms with van der Waals surface area (Å²) >= 11 is 5.18. The molecule has 0 aliphatic rings. The van der Waals surface area contributed by atoms with Crippen molar-refractivity contribution in [2.75, 3.05) is 19.5 Å². The van der Waals surface area contributed by atoms with Crippen molar-refractivity contribution in [3.63, 3.8) is 0 Å². The van der Waals surface area contributed by atoms with Crippen LogP contribution in [0.2, 0.25) is 0 Å². The summed E-state index contributed by atoms with van der Waals surface area (Å²) in [6, 6.07) is 8.59. The largest absolute Gasteiger partial charge is 0.493 e. The fraction of sp³-hybridized carbons (Fsp3) is 0.235. The highest BCUT2D eigenvalue weighted by atomic mass is 32.1. The van der Waals surface area contributed by atoms with Gasteiger partial charge in [-0.25, -0.2) is 8.78 Å². The minimum absolute atomic E-state index is 0.105. The summed E-state index contributed by atoms with van der Waals surface area (Å²) in [5.41, 5.74) is 1.02. The molecule has 0 spiro atoms. The van der Waals surface area contributed by atoms with Gasteiger partial charge in [0.05, 0.1) is 25.9 Å². The van der Waals surface area contributed by atoms with Gasteiger partial charge in [0, 0.05) is 6.07 Å². The van der Waals surface area contributed by atoms with Crippen molar-refractivity contribution in [1.29, 1.82) is 0 Å². The second-order valence-electron chi connectivity index (χ2n) is 5.06. The number of ether oxygens (including phenoxy) is 2. The van der Waals surface area contributed by atoms with E-state index in [9.17, 15) is 8.78 Å². The Hall–Kier alpha value is -2.41. The first-order valence-corrected chi connectivity index (χ1v) is 7.60. The van der Waals surface area contributed by atoms with Crippen LogP contribution in [0.3, 0.4) is 0 Å². The van der Waals surface area contributed by atoms with E-state index in [1.807, 2.05) is 19.1 Å². The van der Waals surface area contributed by atoms with Crippen molar-refractivity contribution in [1.82, 2.24) is 5.32 Å². The summed E-state index contributed by atoms with van der Waals surface area (Å²) in [6.45, 7) is 1.90. The minimum atomic E-state index is -0.710. The van der Waals surface area contributed by atoms with E-state index in [0.717, 1.165) is 17.7 Å². The number of methoxy groups -OCH3 is 2. The summed E-state index contributed by atoms with van der Waals surface area (Å²) in [6.07, 6.45) is 0. The van der Waals surface area contributed by atoms with Gasteiger partial charge in [-0.1, -0.05) is 6.07 Å². The Labute approximate surface area is 144 Å². The van der Waals surface area contributed by atoms with Gasteiger partial charge in [-0.3, -0.25) is 0 Å². The molecule has 2 aromatic rings. The Kier molecular flexibility index (Phi) is 5.92. The third-order valence-electron chi connectivity index (χ3n) is 3.43. The van der Waals surface area contributed by atoms with Crippen molar-refractivity contribution in [2.24, 2.45) is 0 Å². The molecule has 0 saturated carbocycles. The second-order valence-corrected chi connectivity index (χ2v) is 5.47. The van der Waals surface area contributed by atoms with Crippen LogP contribution in [-0.2, 0) is 0 Å². The Morgan fingerprint density at radius 2 is 1.75 bits per heavy atom. The first kappa shape index (κ1) is 17.9. The van der Waals surface area contributed by atoms with Crippen molar-refractivity contribution < 1.29 is 18.3 Å². The summed E-state index contributed by atoms with van der Waals surface area (Å²) in [4.78, 5) is 0. The molecular weight excluding hydrogens is 334 g/mol. The fourth-order valence-corrected chi connectivity index (χ4v) is 2.44. The Morgan fingerprint density at radius 3 is 2.38 bits per heavy atom. The van der Waals surface area contributed by atoms with E-state index >= 15 is 0 Å². The van der Waals surface area contributed by atoms with Crippen molar-refractivity contribution in [2.45, 2.75) is 13.0 Å². The van der Waals surface area contributed by atoms with Crippen LogP contribution in [0.5, 0.6) is 11.5 Å². The Morgan fingerprint density at radius 1 is 1.04 bits per heavy atom. The van der Waals surface area contributed by atoms with Gasteiger partial charge >= 0.3 is 0 Å². The van der Waals surface area contributed by atoms with E-state index in [4.69, 9.17) is 21.7 Å². The van der Waals surface area contributed by atoms with Gasteiger partial charge in [0.25, 0.3) is 0 Å². The standard InChI is InChI=1S/C17H18F2N2O2S/c1-10(11-4-7-15(22-2)16(8-11)23-3)20-17(24)21-14-6-5-12(18)9-13(14)19/h4-10H,1-3H3,(H2,20,21,24)/t10-/m1/s1. The van der Waals surface area contributed by atoms with Crippen LogP contribution in [-0.4, -0.2) is 19.3 Å². The van der Waals surface area contributed by atoms with Crippen molar-refractivity contribution in [3.05, 3.63) is 53.6 Å². The lowest BCUT2D eigenvalue weighted by Crippen LogP contribution is -2.31. The van der Waals surface area contributed by atoms with Crippen LogP contribution in [0, 0.1) is 11.6 Å². The molecule has 0 fully saturated rings. The van der Waals surface area contributed by atoms with Crippen molar-refractivity contribution >= 4 is 23.0 Å². The molecular formula is C17H18F2N2O2S. The van der Waals surface area contributed by atoms with Crippen LogP contribution in [0.1, 0.15) is 18.5 Å². The smallest absolute Gasteiger partial charge is 0.171 e. The van der Waals surface area contributed by atoms with E-state index < -0.39 is 11.6 Å². The van der Waals surface area contributed by atoms with Crippen LogP contribution in [0.4, 0.5) is 14.5 Å². The molecule has 0 bridgehead atoms. The van der Waals surface area contributed by atoms with Crippen molar-refractivity contribution in [3.8, 4) is 11.5 Å². The fourth-order valence-electron chi connectivity index (χ4n) is 2.15. The Bertz CT molecular complexity index is 741. The van der Waals surface area contributed by atoms with Gasteiger partial charge in [0.15, 0.2) is 16.6 Å². The maximum Gasteiger partial charge on any atom is 0.171 e. The summed E-state index contributed by atoms with van der Waals surface area (Å²) in [7, 11) is 3.12. The zero-order chi connectivity index (χ0) is 17.7. The molecule has 0 radical (unpaired) electrons. The summed E-state index contributed by atoms with van der Waals surface area (Å²) in [5.74, 6) is -0.122. The van der Waals surface area contributed by atoms with Gasteiger partial charge in [0.2, 0.25) is 0 Å². The number of benzene rings is 2. The van der Waals surface area contributed by atoms with E-state index in [1.165, 1.54) is 6.07 Å². The van der Waals surface area contributed by atoms with E-state index in [-0.39, 0.29) is 16.8 Å². The molecule has 2 N–H and O–H groups in total. The Balaban J connectivity index is 2.06. The molecule has 0 amide bonds. The van der Waals surface area contributed by atoms with E-state index in [0.29, 0.717) is 11.5 Å². The number of rotatable bonds is 5. The summed E-state index contributed by atoms with van der Waals surface area (Å²) < 4.78 is 37.0. The third-order valence-corrected chi connectivity index (χ3v) is 3.65. The highest BCUT2D eigenvalue weighted by Gasteiger charge is 2.12. The number of thiocarbonyl (C=S) groups is 1. The van der Waals surface area contributed by atoms with E-state index in [2.05, 4.69) is 10.6 Å². The van der Waals surface area contributed by atoms with Crippen LogP contribution < -0.4 is 20.1 Å². The molecule has 0 unspecified atom stereocenters. The zero-order valence-corrected chi connectivity index (χ0v) is 14.3. The molecule has 4 nitrogen and oxygen atoms in total. The average Bonchev–Trinajstić information content (AvgIpc) is 2.56. The summed E-state index contributed by atoms with van der Waals surface area (Å²) in [5, 5.41) is 5.98. The van der Waals surface area contributed by atoms with Gasteiger partial charge in [-0.2, -0.15) is 0 Å². The molecule has 1 atom stereocenters. The first-order chi connectivity index (χ1) is 11.4. The normalized spacial score (nSPS) is 11.5. The number of hydrogen-bond acceptors (Lipinski definition) is 3. The minimum Gasteiger partial charge on any atom is -0.493 e. The topological polar surface area (TPSA) is 42.5 Å². The molecule has 2 aromatic carbocycles. The lowest BCUT2D eigenvalue weighted by atomic mass is 10.1. The van der Waals surface area contributed by atoms with Crippen LogP contribution >= 0.6 is 12.2 Å². The lowest BCUT2D eigenvalue weighted by Gasteiger charge is -2.19. The lowest BCUT2D eigenvalue weighted by molar-refractivity contribution is 0.354. The maximum atomic E-state index is 13.6. The third kappa shape index (κ3) is 4.32. The average molecular weight is 352 g/mol. The SMILES string of the molecule is COc1ccc([C@@H](C)NC(=S)Nc2ccc(F)cc2F)cc1OC. The predicted molar refractivity (Wildman–Crippen MR) is 93.7 cm³/mol. The van der Waals surface area contributed by atoms with Gasteiger partial charge in [-0.05, 0) is 49.0 Å². The van der Waals surface area contributed by atoms with E-state index in [1.54, 1.807) is 20.3 Å². The highest BCUT2D eigenvalue weighted by Crippen LogP contribution is 2.29. The second kappa shape index (κ2) is 7.92. The first-order valence-electron chi connectivity index (χ1n) is 7.19. The van der Waals surface area contributed by atoms with Crippen LogP contribution in [0.15, 0.2) is 36.4 Å². The quantitative estimate of drug-likeness (QED) is 0.796. The maximum absolute atomic E-state index is 13.6. The molecule has 2 rings (SSSR count). The number of nitrogens with one attached hydrogen (secondary N) is 2. The zero-order valence-electron chi connectivity index (χ0n) is 13.5. The molecule has 0 aliphatic heterocycles. The van der Waals surface area contributed by atoms with Crippen LogP contribution in [0.25, 0.3) is 0 Å². The molecule has 128 valence electrons. The number of halogens is 2. The number of anilines is 1. The monoisotopic (exact) mass is 352 g/mol. The van der Waals surface area contributed by atoms with Gasteiger partial charge in [-0.15, -0.1) is 0 Å². The highest BCUT2D eigenvalue weighted by molar-refractivity contribution is 7.80. The number of hydrogen-bond donors (Lipinski definition) is 2. The van der Waals surface area contributed by atoms with Gasteiger partial charge < -0.3 is 20.1 Å². The predicted octanol–water partition coefficient (Wildman–Crippen LogP) is 4.03. The molecule has 0 heterocycles. The van der Waals surface area contributed by atoms with Gasteiger partial charge in [0.1, 0.15) is 11.6 Å². The molecule has 24 heavy (non-hydrogen) atoms. The molecule has 0 saturated heterocycles.